The van der Waals surface area contributed by atoms with Crippen molar-refractivity contribution >= 4 is 11.8 Å². The second kappa shape index (κ2) is 9.76. The van der Waals surface area contributed by atoms with Crippen molar-refractivity contribution in [2.75, 3.05) is 7.11 Å². The van der Waals surface area contributed by atoms with Crippen molar-refractivity contribution in [3.05, 3.63) is 65.2 Å². The van der Waals surface area contributed by atoms with Gasteiger partial charge in [0, 0.05) is 12.1 Å². The van der Waals surface area contributed by atoms with Crippen LogP contribution in [0.5, 0.6) is 5.75 Å². The molecule has 0 aliphatic rings. The van der Waals surface area contributed by atoms with Crippen molar-refractivity contribution in [3.63, 3.8) is 0 Å². The first-order chi connectivity index (χ1) is 12.9. The van der Waals surface area contributed by atoms with E-state index in [1.165, 1.54) is 0 Å². The molecule has 0 heterocycles. The standard InChI is InChI=1S/C22H28N2O3/c1-15(2)13-20(24-21(25)19-8-6-5-7-16(19)3)22(26)23-14-17-9-11-18(27-4)12-10-17/h5-12,15,20H,13-14H2,1-4H3,(H,23,26)(H,24,25)/t20-/m1/s1. The molecule has 2 rings (SSSR count). The summed E-state index contributed by atoms with van der Waals surface area (Å²) in [4.78, 5) is 25.3. The minimum atomic E-state index is -0.574. The maximum absolute atomic E-state index is 12.7. The van der Waals surface area contributed by atoms with Gasteiger partial charge in [-0.25, -0.2) is 0 Å². The van der Waals surface area contributed by atoms with Crippen molar-refractivity contribution < 1.29 is 14.3 Å². The smallest absolute Gasteiger partial charge is 0.252 e. The molecule has 0 aliphatic carbocycles. The van der Waals surface area contributed by atoms with E-state index >= 15 is 0 Å². The summed E-state index contributed by atoms with van der Waals surface area (Å²) in [7, 11) is 1.62. The average Bonchev–Trinajstić information content (AvgIpc) is 2.65. The van der Waals surface area contributed by atoms with Crippen LogP contribution in [0.25, 0.3) is 0 Å². The Bertz CT molecular complexity index is 769. The third-order valence-corrected chi connectivity index (χ3v) is 4.34. The Hall–Kier alpha value is -2.82. The Morgan fingerprint density at radius 3 is 2.30 bits per heavy atom. The molecule has 0 radical (unpaired) electrons. The molecule has 5 heteroatoms. The van der Waals surface area contributed by atoms with Crippen LogP contribution in [0.3, 0.4) is 0 Å². The van der Waals surface area contributed by atoms with Crippen molar-refractivity contribution in [1.82, 2.24) is 10.6 Å². The first-order valence-corrected chi connectivity index (χ1v) is 9.17. The number of amides is 2. The first-order valence-electron chi connectivity index (χ1n) is 9.17. The van der Waals surface area contributed by atoms with Gasteiger partial charge >= 0.3 is 0 Å². The molecule has 0 spiro atoms. The van der Waals surface area contributed by atoms with E-state index in [4.69, 9.17) is 4.74 Å². The normalized spacial score (nSPS) is 11.7. The van der Waals surface area contributed by atoms with Gasteiger partial charge in [0.15, 0.2) is 0 Å². The quantitative estimate of drug-likeness (QED) is 0.750. The minimum Gasteiger partial charge on any atom is -0.497 e. The largest absolute Gasteiger partial charge is 0.497 e. The Balaban J connectivity index is 2.02. The monoisotopic (exact) mass is 368 g/mol. The van der Waals surface area contributed by atoms with E-state index < -0.39 is 6.04 Å². The van der Waals surface area contributed by atoms with Crippen LogP contribution < -0.4 is 15.4 Å². The summed E-state index contributed by atoms with van der Waals surface area (Å²) in [5.41, 5.74) is 2.45. The molecule has 0 unspecified atom stereocenters. The molecule has 2 aromatic rings. The van der Waals surface area contributed by atoms with Crippen molar-refractivity contribution in [2.24, 2.45) is 5.92 Å². The van der Waals surface area contributed by atoms with E-state index in [1.807, 2.05) is 63.2 Å². The summed E-state index contributed by atoms with van der Waals surface area (Å²) in [6.07, 6.45) is 0.575. The predicted molar refractivity (Wildman–Crippen MR) is 107 cm³/mol. The van der Waals surface area contributed by atoms with Gasteiger partial charge in [0.05, 0.1) is 7.11 Å². The Morgan fingerprint density at radius 1 is 1.04 bits per heavy atom. The molecular formula is C22H28N2O3. The van der Waals surface area contributed by atoms with E-state index in [-0.39, 0.29) is 17.7 Å². The lowest BCUT2D eigenvalue weighted by molar-refractivity contribution is -0.123. The first kappa shape index (κ1) is 20.5. The molecule has 5 nitrogen and oxygen atoms in total. The lowest BCUT2D eigenvalue weighted by atomic mass is 10.0. The van der Waals surface area contributed by atoms with Crippen molar-refractivity contribution in [3.8, 4) is 5.75 Å². The number of benzene rings is 2. The molecule has 2 aromatic carbocycles. The van der Waals surface area contributed by atoms with Crippen LogP contribution in [0.2, 0.25) is 0 Å². The molecule has 0 aliphatic heterocycles. The van der Waals surface area contributed by atoms with Gasteiger partial charge in [-0.05, 0) is 48.6 Å². The fourth-order valence-corrected chi connectivity index (χ4v) is 2.82. The van der Waals surface area contributed by atoms with Crippen molar-refractivity contribution in [1.29, 1.82) is 0 Å². The molecule has 0 fully saturated rings. The lowest BCUT2D eigenvalue weighted by Crippen LogP contribution is -2.47. The maximum atomic E-state index is 12.7. The highest BCUT2D eigenvalue weighted by Gasteiger charge is 2.22. The fraction of sp³-hybridized carbons (Fsp3) is 0.364. The van der Waals surface area contributed by atoms with E-state index in [2.05, 4.69) is 10.6 Å². The van der Waals surface area contributed by atoms with Gasteiger partial charge in [-0.2, -0.15) is 0 Å². The number of hydrogen-bond acceptors (Lipinski definition) is 3. The highest BCUT2D eigenvalue weighted by Crippen LogP contribution is 2.12. The van der Waals surface area contributed by atoms with Crippen LogP contribution in [-0.4, -0.2) is 25.0 Å². The van der Waals surface area contributed by atoms with Crippen LogP contribution in [0, 0.1) is 12.8 Å². The zero-order chi connectivity index (χ0) is 19.8. The molecule has 0 aromatic heterocycles. The van der Waals surface area contributed by atoms with Gasteiger partial charge in [-0.1, -0.05) is 44.2 Å². The molecule has 144 valence electrons. The molecule has 2 amide bonds. The van der Waals surface area contributed by atoms with Gasteiger partial charge in [0.25, 0.3) is 5.91 Å². The summed E-state index contributed by atoms with van der Waals surface area (Å²) >= 11 is 0. The van der Waals surface area contributed by atoms with E-state index in [1.54, 1.807) is 13.2 Å². The Kier molecular flexibility index (Phi) is 7.41. The highest BCUT2D eigenvalue weighted by atomic mass is 16.5. The second-order valence-electron chi connectivity index (χ2n) is 7.04. The van der Waals surface area contributed by atoms with Crippen molar-refractivity contribution in [2.45, 2.75) is 39.8 Å². The fourth-order valence-electron chi connectivity index (χ4n) is 2.82. The number of carbonyl (C=O) groups excluding carboxylic acids is 2. The second-order valence-corrected chi connectivity index (χ2v) is 7.04. The van der Waals surface area contributed by atoms with E-state index in [0.29, 0.717) is 18.5 Å². The molecule has 27 heavy (non-hydrogen) atoms. The summed E-state index contributed by atoms with van der Waals surface area (Å²) in [5.74, 6) is 0.645. The van der Waals surface area contributed by atoms with Gasteiger partial charge in [0.1, 0.15) is 11.8 Å². The number of methoxy groups -OCH3 is 1. The lowest BCUT2D eigenvalue weighted by Gasteiger charge is -2.21. The Morgan fingerprint density at radius 2 is 1.70 bits per heavy atom. The number of hydrogen-bond donors (Lipinski definition) is 2. The van der Waals surface area contributed by atoms with Crippen LogP contribution in [0.1, 0.15) is 41.8 Å². The topological polar surface area (TPSA) is 67.4 Å². The average molecular weight is 368 g/mol. The molecule has 0 bridgehead atoms. The van der Waals surface area contributed by atoms with Gasteiger partial charge < -0.3 is 15.4 Å². The number of rotatable bonds is 8. The number of nitrogens with one attached hydrogen (secondary N) is 2. The number of ether oxygens (including phenoxy) is 1. The van der Waals surface area contributed by atoms with E-state index in [9.17, 15) is 9.59 Å². The van der Waals surface area contributed by atoms with Gasteiger partial charge in [-0.3, -0.25) is 9.59 Å². The van der Waals surface area contributed by atoms with Crippen LogP contribution in [0.15, 0.2) is 48.5 Å². The maximum Gasteiger partial charge on any atom is 0.252 e. The highest BCUT2D eigenvalue weighted by molar-refractivity contribution is 5.98. The van der Waals surface area contributed by atoms with Crippen LogP contribution in [0.4, 0.5) is 0 Å². The SMILES string of the molecule is COc1ccc(CNC(=O)[C@@H](CC(C)C)NC(=O)c2ccccc2C)cc1. The minimum absolute atomic E-state index is 0.179. The molecule has 2 N–H and O–H groups in total. The summed E-state index contributed by atoms with van der Waals surface area (Å²) in [6.45, 7) is 6.35. The predicted octanol–water partition coefficient (Wildman–Crippen LogP) is 3.46. The zero-order valence-electron chi connectivity index (χ0n) is 16.4. The Labute approximate surface area is 161 Å². The molecular weight excluding hydrogens is 340 g/mol. The molecule has 1 atom stereocenters. The third-order valence-electron chi connectivity index (χ3n) is 4.34. The van der Waals surface area contributed by atoms with Crippen LogP contribution in [-0.2, 0) is 11.3 Å². The van der Waals surface area contributed by atoms with Gasteiger partial charge in [-0.15, -0.1) is 0 Å². The zero-order valence-corrected chi connectivity index (χ0v) is 16.4. The number of carbonyl (C=O) groups is 2. The molecule has 0 saturated heterocycles. The summed E-state index contributed by atoms with van der Waals surface area (Å²) in [5, 5.41) is 5.81. The molecule has 0 saturated carbocycles. The third kappa shape index (κ3) is 6.13. The van der Waals surface area contributed by atoms with Gasteiger partial charge in [0.2, 0.25) is 5.91 Å². The van der Waals surface area contributed by atoms with Crippen LogP contribution >= 0.6 is 0 Å². The summed E-state index contributed by atoms with van der Waals surface area (Å²) < 4.78 is 5.14. The summed E-state index contributed by atoms with van der Waals surface area (Å²) in [6, 6.07) is 14.3. The van der Waals surface area contributed by atoms with E-state index in [0.717, 1.165) is 16.9 Å². The number of aryl methyl sites for hydroxylation is 1.